The van der Waals surface area contributed by atoms with Crippen LogP contribution in [0.1, 0.15) is 32.6 Å². The number of rotatable bonds is 9. The molecule has 1 saturated carbocycles. The Morgan fingerprint density at radius 1 is 1.12 bits per heavy atom. The van der Waals surface area contributed by atoms with Gasteiger partial charge in [-0.3, -0.25) is 14.1 Å². The molecule has 0 atom stereocenters. The molecule has 0 spiro atoms. The van der Waals surface area contributed by atoms with Gasteiger partial charge in [0.1, 0.15) is 5.65 Å². The maximum absolute atomic E-state index is 15.9. The Morgan fingerprint density at radius 2 is 1.86 bits per heavy atom. The molecule has 4 aromatic rings. The van der Waals surface area contributed by atoms with Crippen LogP contribution in [0.4, 0.5) is 16.0 Å². The van der Waals surface area contributed by atoms with Crippen molar-refractivity contribution in [2.75, 3.05) is 31.2 Å². The molecule has 1 fully saturated rings. The summed E-state index contributed by atoms with van der Waals surface area (Å²) in [6, 6.07) is 7.60. The van der Waals surface area contributed by atoms with Gasteiger partial charge in [-0.15, -0.1) is 0 Å². The largest absolute Gasteiger partial charge is 0.480 e. The van der Waals surface area contributed by atoms with Gasteiger partial charge in [0.05, 0.1) is 23.4 Å². The van der Waals surface area contributed by atoms with Crippen LogP contribution < -0.4 is 20.3 Å². The molecule has 0 bridgehead atoms. The average molecular weight is 630 g/mol. The third-order valence-electron chi connectivity index (χ3n) is 7.70. The highest BCUT2D eigenvalue weighted by Gasteiger charge is 2.26. The molecule has 228 valence electrons. The molecular weight excluding hydrogens is 597 g/mol. The van der Waals surface area contributed by atoms with Crippen LogP contribution in [0.3, 0.4) is 0 Å². The Morgan fingerprint density at radius 3 is 2.53 bits per heavy atom. The van der Waals surface area contributed by atoms with Gasteiger partial charge < -0.3 is 15.0 Å². The predicted octanol–water partition coefficient (Wildman–Crippen LogP) is 4.76. The summed E-state index contributed by atoms with van der Waals surface area (Å²) in [5, 5.41) is 4.01. The molecule has 1 aliphatic rings. The van der Waals surface area contributed by atoms with Crippen LogP contribution in [0.15, 0.2) is 52.4 Å². The van der Waals surface area contributed by atoms with Gasteiger partial charge in [0, 0.05) is 42.0 Å². The molecule has 0 unspecified atom stereocenters. The van der Waals surface area contributed by atoms with E-state index in [0.29, 0.717) is 23.0 Å². The number of ether oxygens (including phenoxy) is 1. The lowest BCUT2D eigenvalue weighted by molar-refractivity contribution is 0.221. The van der Waals surface area contributed by atoms with E-state index < -0.39 is 21.4 Å². The predicted molar refractivity (Wildman–Crippen MR) is 165 cm³/mol. The van der Waals surface area contributed by atoms with Crippen molar-refractivity contribution < 1.29 is 17.5 Å². The minimum Gasteiger partial charge on any atom is -0.480 e. The number of anilines is 2. The zero-order valence-electron chi connectivity index (χ0n) is 24.3. The number of aryl methyl sites for hydroxylation is 1. The molecule has 0 amide bonds. The number of sulfonamides is 1. The van der Waals surface area contributed by atoms with E-state index in [1.54, 1.807) is 13.1 Å². The van der Waals surface area contributed by atoms with Crippen molar-refractivity contribution in [1.82, 2.24) is 24.4 Å². The van der Waals surface area contributed by atoms with Gasteiger partial charge in [-0.1, -0.05) is 23.7 Å². The number of hydrogen-bond donors (Lipinski definition) is 2. The van der Waals surface area contributed by atoms with Crippen LogP contribution in [0.25, 0.3) is 22.2 Å². The van der Waals surface area contributed by atoms with E-state index in [2.05, 4.69) is 44.0 Å². The molecule has 3 heterocycles. The van der Waals surface area contributed by atoms with E-state index in [1.807, 2.05) is 0 Å². The van der Waals surface area contributed by atoms with Crippen LogP contribution in [0.5, 0.6) is 5.88 Å². The number of nitrogens with one attached hydrogen (secondary N) is 2. The second kappa shape index (κ2) is 12.4. The van der Waals surface area contributed by atoms with Crippen molar-refractivity contribution >= 4 is 44.3 Å². The van der Waals surface area contributed by atoms with Crippen LogP contribution in [-0.4, -0.2) is 66.1 Å². The summed E-state index contributed by atoms with van der Waals surface area (Å²) < 4.78 is 50.9. The highest BCUT2D eigenvalue weighted by atomic mass is 35.5. The van der Waals surface area contributed by atoms with E-state index in [4.69, 9.17) is 16.3 Å². The van der Waals surface area contributed by atoms with E-state index >= 15 is 4.39 Å². The van der Waals surface area contributed by atoms with Gasteiger partial charge in [-0.25, -0.2) is 22.8 Å². The number of hydrogen-bond acceptors (Lipinski definition) is 9. The Hall–Kier alpha value is -3.81. The van der Waals surface area contributed by atoms with Gasteiger partial charge in [-0.2, -0.15) is 4.98 Å². The van der Waals surface area contributed by atoms with Gasteiger partial charge in [0.15, 0.2) is 10.7 Å². The zero-order chi connectivity index (χ0) is 30.9. The smallest absolute Gasteiger partial charge is 0.267 e. The van der Waals surface area contributed by atoms with Gasteiger partial charge >= 0.3 is 0 Å². The molecule has 43 heavy (non-hydrogen) atoms. The molecule has 3 aromatic heterocycles. The standard InChI is InChI=1S/C29H33ClFN7O4S/c1-5-38-26-17(15-33-29(35-26)34-19-9-11-20(12-10-19)37(2)3)13-22(28(38)39)21-7-6-8-23(25(21)31)36-43(40,41)24-14-18(30)16-32-27(24)42-4/h6-8,13-16,19-20,36H,5,9-12H2,1-4H3,(H,33,34,35). The first kappa shape index (κ1) is 30.6. The topological polar surface area (TPSA) is 131 Å². The first-order chi connectivity index (χ1) is 20.5. The van der Waals surface area contributed by atoms with E-state index in [0.717, 1.165) is 31.7 Å². The monoisotopic (exact) mass is 629 g/mol. The summed E-state index contributed by atoms with van der Waals surface area (Å²) in [5.41, 5.74) is -0.437. The zero-order valence-corrected chi connectivity index (χ0v) is 25.8. The molecule has 0 radical (unpaired) electrons. The highest BCUT2D eigenvalue weighted by Crippen LogP contribution is 2.31. The lowest BCUT2D eigenvalue weighted by atomic mass is 9.91. The van der Waals surface area contributed by atoms with Crippen LogP contribution in [-0.2, 0) is 16.6 Å². The maximum Gasteiger partial charge on any atom is 0.267 e. The van der Waals surface area contributed by atoms with E-state index in [9.17, 15) is 13.2 Å². The third kappa shape index (κ3) is 6.29. The Bertz CT molecular complexity index is 1830. The number of halogens is 2. The molecular formula is C29H33ClFN7O4S. The van der Waals surface area contributed by atoms with Crippen molar-refractivity contribution in [2.24, 2.45) is 0 Å². The number of benzene rings is 1. The van der Waals surface area contributed by atoms with Crippen molar-refractivity contribution in [1.29, 1.82) is 0 Å². The maximum atomic E-state index is 15.9. The number of methoxy groups -OCH3 is 1. The normalized spacial score (nSPS) is 17.3. The average Bonchev–Trinajstić information content (AvgIpc) is 2.98. The number of aromatic nitrogens is 4. The van der Waals surface area contributed by atoms with Crippen molar-refractivity contribution in [3.05, 3.63) is 63.9 Å². The first-order valence-corrected chi connectivity index (χ1v) is 15.7. The summed E-state index contributed by atoms with van der Waals surface area (Å²) in [6.45, 7) is 2.08. The summed E-state index contributed by atoms with van der Waals surface area (Å²) >= 11 is 5.95. The molecule has 0 aliphatic heterocycles. The summed E-state index contributed by atoms with van der Waals surface area (Å²) in [7, 11) is 1.10. The van der Waals surface area contributed by atoms with Crippen LogP contribution in [0.2, 0.25) is 5.02 Å². The molecule has 0 saturated heterocycles. The van der Waals surface area contributed by atoms with Gasteiger partial charge in [0.25, 0.3) is 15.6 Å². The summed E-state index contributed by atoms with van der Waals surface area (Å²) in [5.74, 6) is -0.695. The first-order valence-electron chi connectivity index (χ1n) is 13.9. The Balaban J connectivity index is 1.47. The Kier molecular flexibility index (Phi) is 8.86. The van der Waals surface area contributed by atoms with Crippen molar-refractivity contribution in [3.63, 3.8) is 0 Å². The summed E-state index contributed by atoms with van der Waals surface area (Å²) in [4.78, 5) is 28.5. The third-order valence-corrected chi connectivity index (χ3v) is 9.27. The summed E-state index contributed by atoms with van der Waals surface area (Å²) in [6.07, 6.45) is 6.97. The quantitative estimate of drug-likeness (QED) is 0.269. The van der Waals surface area contributed by atoms with Crippen LogP contribution in [0, 0.1) is 5.82 Å². The minimum atomic E-state index is -4.36. The highest BCUT2D eigenvalue weighted by molar-refractivity contribution is 7.92. The fourth-order valence-corrected chi connectivity index (χ4v) is 6.83. The molecule has 2 N–H and O–H groups in total. The molecule has 1 aliphatic carbocycles. The lowest BCUT2D eigenvalue weighted by Gasteiger charge is -2.32. The fraction of sp³-hybridized carbons (Fsp3) is 0.379. The van der Waals surface area contributed by atoms with Gasteiger partial charge in [0.2, 0.25) is 11.8 Å². The number of nitrogens with zero attached hydrogens (tertiary/aromatic N) is 5. The fourth-order valence-electron chi connectivity index (χ4n) is 5.41. The van der Waals surface area contributed by atoms with Crippen LogP contribution >= 0.6 is 11.6 Å². The number of fused-ring (bicyclic) bond motifs is 1. The van der Waals surface area contributed by atoms with Crippen molar-refractivity contribution in [2.45, 2.75) is 56.1 Å². The molecule has 14 heteroatoms. The lowest BCUT2D eigenvalue weighted by Crippen LogP contribution is -2.36. The second-order valence-electron chi connectivity index (χ2n) is 10.6. The number of pyridine rings is 2. The van der Waals surface area contributed by atoms with Gasteiger partial charge in [-0.05, 0) is 64.9 Å². The molecule has 1 aromatic carbocycles. The molecule has 5 rings (SSSR count). The molecule has 11 nitrogen and oxygen atoms in total. The van der Waals surface area contributed by atoms with E-state index in [-0.39, 0.29) is 45.2 Å². The second-order valence-corrected chi connectivity index (χ2v) is 12.7. The SMILES string of the molecule is CCn1c(=O)c(-c2cccc(NS(=O)(=O)c3cc(Cl)cnc3OC)c2F)cc2cnc(NC3CCC(N(C)C)CC3)nc21. The Labute approximate surface area is 254 Å². The minimum absolute atomic E-state index is 0.0428. The van der Waals surface area contributed by atoms with Crippen molar-refractivity contribution in [3.8, 4) is 17.0 Å². The van der Waals surface area contributed by atoms with E-state index in [1.165, 1.54) is 42.1 Å².